The number of hydrogen-bond donors (Lipinski definition) is 1. The van der Waals surface area contributed by atoms with Crippen molar-refractivity contribution in [2.24, 2.45) is 0 Å². The van der Waals surface area contributed by atoms with Crippen molar-refractivity contribution >= 4 is 38.9 Å². The number of fused-ring (bicyclic) bond motifs is 2. The number of anilines is 2. The van der Waals surface area contributed by atoms with Crippen LogP contribution in [0.25, 0.3) is 0 Å². The fourth-order valence-electron chi connectivity index (χ4n) is 2.94. The second-order valence-electron chi connectivity index (χ2n) is 5.56. The fourth-order valence-corrected chi connectivity index (χ4v) is 3.20. The molecule has 0 radical (unpaired) electrons. The molecule has 0 amide bonds. The highest BCUT2D eigenvalue weighted by atomic mass is 79.9. The summed E-state index contributed by atoms with van der Waals surface area (Å²) >= 11 is 3.40. The quantitative estimate of drug-likeness (QED) is 0.536. The molecule has 0 unspecified atom stereocenters. The summed E-state index contributed by atoms with van der Waals surface area (Å²) in [6.45, 7) is 0. The third kappa shape index (κ3) is 2.36. The van der Waals surface area contributed by atoms with Crippen LogP contribution in [0.15, 0.2) is 71.2 Å². The summed E-state index contributed by atoms with van der Waals surface area (Å²) in [6, 6.07) is 19.9. The van der Waals surface area contributed by atoms with Gasteiger partial charge in [0.15, 0.2) is 11.6 Å². The second kappa shape index (κ2) is 5.73. The molecule has 3 aromatic rings. The fraction of sp³-hybridized carbons (Fsp3) is 0. The number of carbonyl (C=O) groups is 2. The molecule has 4 rings (SSSR count). The Morgan fingerprint density at radius 3 is 2.00 bits per heavy atom. The molecular formula is C20H12BrNO2. The second-order valence-corrected chi connectivity index (χ2v) is 6.48. The van der Waals surface area contributed by atoms with Gasteiger partial charge in [-0.2, -0.15) is 0 Å². The van der Waals surface area contributed by atoms with Crippen LogP contribution in [-0.2, 0) is 0 Å². The van der Waals surface area contributed by atoms with E-state index in [2.05, 4.69) is 21.2 Å². The van der Waals surface area contributed by atoms with Crippen molar-refractivity contribution in [2.45, 2.75) is 0 Å². The predicted molar refractivity (Wildman–Crippen MR) is 97.2 cm³/mol. The lowest BCUT2D eigenvalue weighted by Gasteiger charge is -2.20. The van der Waals surface area contributed by atoms with Gasteiger partial charge in [0.25, 0.3) is 0 Å². The molecular weight excluding hydrogens is 366 g/mol. The molecule has 4 heteroatoms. The average molecular weight is 378 g/mol. The molecule has 0 aromatic heterocycles. The molecule has 0 fully saturated rings. The summed E-state index contributed by atoms with van der Waals surface area (Å²) in [6.07, 6.45) is 0. The molecule has 0 spiro atoms. The smallest absolute Gasteiger partial charge is 0.196 e. The van der Waals surface area contributed by atoms with Crippen LogP contribution in [0.4, 0.5) is 11.4 Å². The molecule has 1 aliphatic carbocycles. The summed E-state index contributed by atoms with van der Waals surface area (Å²) in [4.78, 5) is 25.6. The highest BCUT2D eigenvalue weighted by Crippen LogP contribution is 2.33. The number of ketones is 2. The van der Waals surface area contributed by atoms with Gasteiger partial charge in [0.2, 0.25) is 0 Å². The van der Waals surface area contributed by atoms with Crippen LogP contribution in [0, 0.1) is 0 Å². The van der Waals surface area contributed by atoms with Gasteiger partial charge in [-0.1, -0.05) is 52.3 Å². The molecule has 0 saturated carbocycles. The van der Waals surface area contributed by atoms with E-state index in [0.717, 1.165) is 10.2 Å². The van der Waals surface area contributed by atoms with Gasteiger partial charge in [-0.15, -0.1) is 0 Å². The van der Waals surface area contributed by atoms with Crippen LogP contribution in [0.5, 0.6) is 0 Å². The molecule has 116 valence electrons. The summed E-state index contributed by atoms with van der Waals surface area (Å²) in [5.74, 6) is -0.236. The first-order valence-electron chi connectivity index (χ1n) is 7.49. The van der Waals surface area contributed by atoms with Gasteiger partial charge in [-0.25, -0.2) is 0 Å². The SMILES string of the molecule is O=C1c2ccccc2C(=O)c2c(Nc3ccc(Br)cc3)cccc21. The molecule has 0 saturated heterocycles. The van der Waals surface area contributed by atoms with E-state index in [0.29, 0.717) is 27.9 Å². The summed E-state index contributed by atoms with van der Waals surface area (Å²) in [5.41, 5.74) is 3.30. The predicted octanol–water partition coefficient (Wildman–Crippen LogP) is 4.97. The van der Waals surface area contributed by atoms with E-state index in [1.807, 2.05) is 30.3 Å². The Balaban J connectivity index is 1.83. The van der Waals surface area contributed by atoms with E-state index in [1.165, 1.54) is 0 Å². The van der Waals surface area contributed by atoms with Crippen LogP contribution in [0.3, 0.4) is 0 Å². The minimum atomic E-state index is -0.125. The van der Waals surface area contributed by atoms with Gasteiger partial charge in [-0.05, 0) is 30.3 Å². The van der Waals surface area contributed by atoms with Crippen LogP contribution >= 0.6 is 15.9 Å². The highest BCUT2D eigenvalue weighted by Gasteiger charge is 2.31. The Morgan fingerprint density at radius 1 is 0.667 bits per heavy atom. The maximum Gasteiger partial charge on any atom is 0.196 e. The third-order valence-corrected chi connectivity index (χ3v) is 4.60. The monoisotopic (exact) mass is 377 g/mol. The number of benzene rings is 3. The Bertz CT molecular complexity index is 977. The van der Waals surface area contributed by atoms with Gasteiger partial charge in [0.1, 0.15) is 0 Å². The van der Waals surface area contributed by atoms with Gasteiger partial charge in [0.05, 0.1) is 11.3 Å². The zero-order chi connectivity index (χ0) is 16.7. The molecule has 0 atom stereocenters. The first-order chi connectivity index (χ1) is 11.6. The van der Waals surface area contributed by atoms with Crippen LogP contribution in [0.1, 0.15) is 31.8 Å². The van der Waals surface area contributed by atoms with Crippen molar-refractivity contribution in [2.75, 3.05) is 5.32 Å². The minimum Gasteiger partial charge on any atom is -0.355 e. The molecule has 3 aromatic carbocycles. The molecule has 0 aliphatic heterocycles. The van der Waals surface area contributed by atoms with E-state index in [1.54, 1.807) is 36.4 Å². The summed E-state index contributed by atoms with van der Waals surface area (Å²) in [7, 11) is 0. The molecule has 24 heavy (non-hydrogen) atoms. The molecule has 1 N–H and O–H groups in total. The topological polar surface area (TPSA) is 46.2 Å². The molecule has 0 bridgehead atoms. The van der Waals surface area contributed by atoms with E-state index >= 15 is 0 Å². The van der Waals surface area contributed by atoms with E-state index in [-0.39, 0.29) is 11.6 Å². The van der Waals surface area contributed by atoms with Crippen LogP contribution in [-0.4, -0.2) is 11.6 Å². The van der Waals surface area contributed by atoms with Crippen LogP contribution < -0.4 is 5.32 Å². The van der Waals surface area contributed by atoms with E-state index < -0.39 is 0 Å². The highest BCUT2D eigenvalue weighted by molar-refractivity contribution is 9.10. The van der Waals surface area contributed by atoms with Gasteiger partial charge in [-0.3, -0.25) is 9.59 Å². The average Bonchev–Trinajstić information content (AvgIpc) is 2.61. The van der Waals surface area contributed by atoms with Gasteiger partial charge < -0.3 is 5.32 Å². The molecule has 1 aliphatic rings. The van der Waals surface area contributed by atoms with Gasteiger partial charge in [0, 0.05) is 26.9 Å². The summed E-state index contributed by atoms with van der Waals surface area (Å²) in [5, 5.41) is 3.25. The van der Waals surface area contributed by atoms with E-state index in [4.69, 9.17) is 0 Å². The first-order valence-corrected chi connectivity index (χ1v) is 8.28. The number of carbonyl (C=O) groups excluding carboxylic acids is 2. The number of hydrogen-bond acceptors (Lipinski definition) is 3. The minimum absolute atomic E-state index is 0.111. The Morgan fingerprint density at radius 2 is 1.29 bits per heavy atom. The lowest BCUT2D eigenvalue weighted by molar-refractivity contribution is 0.0979. The van der Waals surface area contributed by atoms with Gasteiger partial charge >= 0.3 is 0 Å². The molecule has 3 nitrogen and oxygen atoms in total. The number of nitrogens with one attached hydrogen (secondary N) is 1. The zero-order valence-corrected chi connectivity index (χ0v) is 14.1. The van der Waals surface area contributed by atoms with Crippen molar-refractivity contribution in [3.63, 3.8) is 0 Å². The largest absolute Gasteiger partial charge is 0.355 e. The van der Waals surface area contributed by atoms with Crippen molar-refractivity contribution in [3.05, 3.63) is 93.5 Å². The van der Waals surface area contributed by atoms with Crippen LogP contribution in [0.2, 0.25) is 0 Å². The normalized spacial score (nSPS) is 12.5. The lowest BCUT2D eigenvalue weighted by atomic mass is 9.83. The molecule has 0 heterocycles. The van der Waals surface area contributed by atoms with Crippen molar-refractivity contribution in [3.8, 4) is 0 Å². The van der Waals surface area contributed by atoms with Crippen molar-refractivity contribution < 1.29 is 9.59 Å². The maximum absolute atomic E-state index is 12.9. The Kier molecular flexibility index (Phi) is 3.54. The number of halogens is 1. The Labute approximate surface area is 147 Å². The van der Waals surface area contributed by atoms with Crippen molar-refractivity contribution in [1.29, 1.82) is 0 Å². The Hall–Kier alpha value is -2.72. The third-order valence-electron chi connectivity index (χ3n) is 4.08. The summed E-state index contributed by atoms with van der Waals surface area (Å²) < 4.78 is 0.975. The maximum atomic E-state index is 12.9. The first kappa shape index (κ1) is 14.8. The van der Waals surface area contributed by atoms with Crippen molar-refractivity contribution in [1.82, 2.24) is 0 Å². The zero-order valence-electron chi connectivity index (χ0n) is 12.5. The lowest BCUT2D eigenvalue weighted by Crippen LogP contribution is -2.21. The standard InChI is InChI=1S/C20H12BrNO2/c21-12-8-10-13(11-9-12)22-17-7-3-6-16-18(17)20(24)15-5-2-1-4-14(15)19(16)23/h1-11,22H. The number of rotatable bonds is 2. The van der Waals surface area contributed by atoms with E-state index in [9.17, 15) is 9.59 Å².